The van der Waals surface area contributed by atoms with Gasteiger partial charge in [0, 0.05) is 5.56 Å². The molecular formula is C20H18O. The van der Waals surface area contributed by atoms with Gasteiger partial charge in [-0.05, 0) is 47.7 Å². The molecule has 104 valence electrons. The Kier molecular flexibility index (Phi) is 3.49. The number of rotatable bonds is 2. The molecule has 0 amide bonds. The third kappa shape index (κ3) is 2.43. The first-order valence-electron chi connectivity index (χ1n) is 7.12. The van der Waals surface area contributed by atoms with Crippen LogP contribution in [0, 0.1) is 13.8 Å². The zero-order valence-electron chi connectivity index (χ0n) is 12.3. The molecule has 0 fully saturated rings. The van der Waals surface area contributed by atoms with Crippen molar-refractivity contribution in [3.8, 4) is 28.0 Å². The van der Waals surface area contributed by atoms with Gasteiger partial charge in [0.2, 0.25) is 0 Å². The van der Waals surface area contributed by atoms with Gasteiger partial charge in [0.15, 0.2) is 0 Å². The molecule has 0 aliphatic rings. The van der Waals surface area contributed by atoms with E-state index in [1.54, 1.807) is 6.07 Å². The molecule has 0 aliphatic carbocycles. The van der Waals surface area contributed by atoms with Crippen molar-refractivity contribution in [2.45, 2.75) is 13.8 Å². The lowest BCUT2D eigenvalue weighted by Gasteiger charge is -2.15. The van der Waals surface area contributed by atoms with Gasteiger partial charge < -0.3 is 5.11 Å². The molecule has 3 aromatic rings. The summed E-state index contributed by atoms with van der Waals surface area (Å²) in [6.45, 7) is 4.24. The Bertz CT molecular complexity index is 773. The summed E-state index contributed by atoms with van der Waals surface area (Å²) in [5.41, 5.74) is 6.68. The third-order valence-electron chi connectivity index (χ3n) is 4.00. The van der Waals surface area contributed by atoms with Crippen molar-refractivity contribution in [2.24, 2.45) is 0 Å². The van der Waals surface area contributed by atoms with Crippen LogP contribution in [-0.4, -0.2) is 5.11 Å². The molecule has 1 heteroatoms. The van der Waals surface area contributed by atoms with Crippen LogP contribution in [0.5, 0.6) is 5.75 Å². The number of phenols is 1. The first-order chi connectivity index (χ1) is 10.2. The van der Waals surface area contributed by atoms with Crippen molar-refractivity contribution >= 4 is 0 Å². The molecular weight excluding hydrogens is 256 g/mol. The van der Waals surface area contributed by atoms with Crippen molar-refractivity contribution in [2.75, 3.05) is 0 Å². The maximum absolute atomic E-state index is 10.4. The summed E-state index contributed by atoms with van der Waals surface area (Å²) in [4.78, 5) is 0. The first-order valence-corrected chi connectivity index (χ1v) is 7.12. The highest BCUT2D eigenvalue weighted by Crippen LogP contribution is 2.39. The average Bonchev–Trinajstić information content (AvgIpc) is 2.51. The van der Waals surface area contributed by atoms with Crippen LogP contribution >= 0.6 is 0 Å². The largest absolute Gasteiger partial charge is 0.507 e. The average molecular weight is 274 g/mol. The monoisotopic (exact) mass is 274 g/mol. The molecule has 0 saturated carbocycles. The molecule has 0 bridgehead atoms. The number of hydrogen-bond donors (Lipinski definition) is 1. The van der Waals surface area contributed by atoms with Crippen LogP contribution in [0.2, 0.25) is 0 Å². The van der Waals surface area contributed by atoms with Gasteiger partial charge in [0.1, 0.15) is 5.75 Å². The summed E-state index contributed by atoms with van der Waals surface area (Å²) in [7, 11) is 0. The second-order valence-electron chi connectivity index (χ2n) is 5.31. The van der Waals surface area contributed by atoms with E-state index in [1.165, 1.54) is 16.7 Å². The Morgan fingerprint density at radius 2 is 1.33 bits per heavy atom. The molecule has 0 atom stereocenters. The second kappa shape index (κ2) is 5.45. The van der Waals surface area contributed by atoms with Gasteiger partial charge >= 0.3 is 0 Å². The summed E-state index contributed by atoms with van der Waals surface area (Å²) < 4.78 is 0. The van der Waals surface area contributed by atoms with Crippen LogP contribution in [-0.2, 0) is 0 Å². The van der Waals surface area contributed by atoms with Crippen LogP contribution in [0.3, 0.4) is 0 Å². The molecule has 1 nitrogen and oxygen atoms in total. The maximum atomic E-state index is 10.4. The molecule has 1 N–H and O–H groups in total. The first kappa shape index (κ1) is 13.4. The minimum Gasteiger partial charge on any atom is -0.507 e. The van der Waals surface area contributed by atoms with Crippen LogP contribution in [0.15, 0.2) is 66.7 Å². The van der Waals surface area contributed by atoms with E-state index in [-0.39, 0.29) is 0 Å². The van der Waals surface area contributed by atoms with Crippen LogP contribution in [0.25, 0.3) is 22.3 Å². The van der Waals surface area contributed by atoms with E-state index >= 15 is 0 Å². The van der Waals surface area contributed by atoms with E-state index in [2.05, 4.69) is 38.1 Å². The van der Waals surface area contributed by atoms with Gasteiger partial charge in [-0.3, -0.25) is 0 Å². The Hall–Kier alpha value is -2.54. The Balaban J connectivity index is 2.30. The summed E-state index contributed by atoms with van der Waals surface area (Å²) in [5.74, 6) is 0.319. The molecule has 0 saturated heterocycles. The fourth-order valence-electron chi connectivity index (χ4n) is 2.72. The smallest absolute Gasteiger partial charge is 0.124 e. The lowest BCUT2D eigenvalue weighted by molar-refractivity contribution is 0.477. The lowest BCUT2D eigenvalue weighted by atomic mass is 9.90. The molecule has 0 unspecified atom stereocenters. The third-order valence-corrected chi connectivity index (χ3v) is 4.00. The summed E-state index contributed by atoms with van der Waals surface area (Å²) in [6.07, 6.45) is 0. The molecule has 0 spiro atoms. The summed E-state index contributed by atoms with van der Waals surface area (Å²) in [6, 6.07) is 22.1. The number of hydrogen-bond acceptors (Lipinski definition) is 1. The highest BCUT2D eigenvalue weighted by Gasteiger charge is 2.13. The van der Waals surface area contributed by atoms with Gasteiger partial charge in [0.05, 0.1) is 0 Å². The van der Waals surface area contributed by atoms with E-state index in [0.29, 0.717) is 5.75 Å². The quantitative estimate of drug-likeness (QED) is 0.668. The normalized spacial score (nSPS) is 10.6. The number of phenolic OH excluding ortho intramolecular Hbond substituents is 1. The van der Waals surface area contributed by atoms with Gasteiger partial charge in [0.25, 0.3) is 0 Å². The van der Waals surface area contributed by atoms with E-state index in [1.807, 2.05) is 36.4 Å². The predicted molar refractivity (Wildman–Crippen MR) is 88.5 cm³/mol. The van der Waals surface area contributed by atoms with Crippen LogP contribution in [0.1, 0.15) is 11.1 Å². The van der Waals surface area contributed by atoms with Crippen molar-refractivity contribution in [1.82, 2.24) is 0 Å². The zero-order chi connectivity index (χ0) is 14.8. The highest BCUT2D eigenvalue weighted by atomic mass is 16.3. The Morgan fingerprint density at radius 1 is 0.667 bits per heavy atom. The molecule has 21 heavy (non-hydrogen) atoms. The minimum atomic E-state index is 0.319. The van der Waals surface area contributed by atoms with Gasteiger partial charge in [-0.1, -0.05) is 60.7 Å². The maximum Gasteiger partial charge on any atom is 0.124 e. The molecule has 3 rings (SSSR count). The van der Waals surface area contributed by atoms with Crippen LogP contribution < -0.4 is 0 Å². The second-order valence-corrected chi connectivity index (χ2v) is 5.31. The Morgan fingerprint density at radius 3 is 2.10 bits per heavy atom. The van der Waals surface area contributed by atoms with E-state index < -0.39 is 0 Å². The standard InChI is InChI=1S/C20H18O/c1-14-8-6-11-17(15(14)2)18-12-7-13-19(21)20(18)16-9-4-3-5-10-16/h3-13,21H,1-2H3. The van der Waals surface area contributed by atoms with Crippen molar-refractivity contribution in [1.29, 1.82) is 0 Å². The molecule has 0 aromatic heterocycles. The van der Waals surface area contributed by atoms with Gasteiger partial charge in [-0.15, -0.1) is 0 Å². The summed E-state index contributed by atoms with van der Waals surface area (Å²) in [5, 5.41) is 10.4. The van der Waals surface area contributed by atoms with Crippen molar-refractivity contribution < 1.29 is 5.11 Å². The SMILES string of the molecule is Cc1cccc(-c2cccc(O)c2-c2ccccc2)c1C. The minimum absolute atomic E-state index is 0.319. The van der Waals surface area contributed by atoms with E-state index in [0.717, 1.165) is 16.7 Å². The summed E-state index contributed by atoms with van der Waals surface area (Å²) >= 11 is 0. The number of aromatic hydroxyl groups is 1. The molecule has 0 radical (unpaired) electrons. The van der Waals surface area contributed by atoms with Crippen molar-refractivity contribution in [3.05, 3.63) is 77.9 Å². The number of benzene rings is 3. The fraction of sp³-hybridized carbons (Fsp3) is 0.100. The highest BCUT2D eigenvalue weighted by molar-refractivity contribution is 5.88. The topological polar surface area (TPSA) is 20.2 Å². The molecule has 0 heterocycles. The van der Waals surface area contributed by atoms with Crippen LogP contribution in [0.4, 0.5) is 0 Å². The predicted octanol–water partition coefficient (Wildman–Crippen LogP) is 5.34. The fourth-order valence-corrected chi connectivity index (χ4v) is 2.72. The van der Waals surface area contributed by atoms with E-state index in [4.69, 9.17) is 0 Å². The van der Waals surface area contributed by atoms with E-state index in [9.17, 15) is 5.11 Å². The lowest BCUT2D eigenvalue weighted by Crippen LogP contribution is -1.90. The van der Waals surface area contributed by atoms with Gasteiger partial charge in [-0.25, -0.2) is 0 Å². The molecule has 3 aromatic carbocycles. The van der Waals surface area contributed by atoms with Gasteiger partial charge in [-0.2, -0.15) is 0 Å². The number of aryl methyl sites for hydroxylation is 1. The Labute approximate surface area is 125 Å². The zero-order valence-corrected chi connectivity index (χ0v) is 12.3. The molecule has 0 aliphatic heterocycles. The van der Waals surface area contributed by atoms with Crippen molar-refractivity contribution in [3.63, 3.8) is 0 Å².